The van der Waals surface area contributed by atoms with Crippen LogP contribution in [0.25, 0.3) is 0 Å². The number of unbranched alkanes of at least 4 members (excludes halogenated alkanes) is 1. The van der Waals surface area contributed by atoms with Crippen LogP contribution in [0.1, 0.15) is 23.2 Å². The van der Waals surface area contributed by atoms with Crippen molar-refractivity contribution in [1.29, 1.82) is 0 Å². The maximum atomic E-state index is 14.4. The molecule has 35 heavy (non-hydrogen) atoms. The number of hydrogen-bond donors (Lipinski definition) is 3. The molecule has 10 heteroatoms. The predicted molar refractivity (Wildman–Crippen MR) is 137 cm³/mol. The Balaban J connectivity index is 1.51. The summed E-state index contributed by atoms with van der Waals surface area (Å²) in [6, 6.07) is 13.6. The molecule has 3 rings (SSSR count). The third-order valence-electron chi connectivity index (χ3n) is 5.01. The zero-order valence-corrected chi connectivity index (χ0v) is 20.0. The van der Waals surface area contributed by atoms with Crippen molar-refractivity contribution in [2.24, 2.45) is 0 Å². The van der Waals surface area contributed by atoms with Crippen molar-refractivity contribution in [3.63, 3.8) is 0 Å². The zero-order valence-electron chi connectivity index (χ0n) is 19.2. The Morgan fingerprint density at radius 3 is 2.63 bits per heavy atom. The van der Waals surface area contributed by atoms with E-state index in [4.69, 9.17) is 11.6 Å². The van der Waals surface area contributed by atoms with Crippen molar-refractivity contribution in [3.8, 4) is 0 Å². The van der Waals surface area contributed by atoms with Gasteiger partial charge in [-0.3, -0.25) is 9.59 Å². The largest absolute Gasteiger partial charge is 0.354 e. The minimum Gasteiger partial charge on any atom is -0.354 e. The summed E-state index contributed by atoms with van der Waals surface area (Å²) < 4.78 is 14.4. The molecule has 2 aromatic carbocycles. The summed E-state index contributed by atoms with van der Waals surface area (Å²) in [7, 11) is 1.43. The fourth-order valence-corrected chi connectivity index (χ4v) is 3.37. The van der Waals surface area contributed by atoms with Crippen LogP contribution in [0.2, 0.25) is 5.02 Å². The van der Waals surface area contributed by atoms with Crippen LogP contribution in [0.5, 0.6) is 0 Å². The molecule has 0 aliphatic heterocycles. The van der Waals surface area contributed by atoms with Gasteiger partial charge in [0.1, 0.15) is 5.82 Å². The Bertz CT molecular complexity index is 1190. The lowest BCUT2D eigenvalue weighted by molar-refractivity contribution is -0.113. The van der Waals surface area contributed by atoms with Crippen LogP contribution in [0, 0.1) is 5.82 Å². The van der Waals surface area contributed by atoms with E-state index in [1.54, 1.807) is 24.4 Å². The highest BCUT2D eigenvalue weighted by Gasteiger charge is 2.17. The van der Waals surface area contributed by atoms with Crippen LogP contribution in [0.15, 0.2) is 67.4 Å². The summed E-state index contributed by atoms with van der Waals surface area (Å²) in [5.41, 5.74) is 1.10. The average Bonchev–Trinajstić information content (AvgIpc) is 2.87. The molecule has 3 aromatic rings. The van der Waals surface area contributed by atoms with Crippen LogP contribution in [0.4, 0.5) is 27.5 Å². The second-order valence-corrected chi connectivity index (χ2v) is 7.95. The lowest BCUT2D eigenvalue weighted by Gasteiger charge is -2.18. The number of halogens is 2. The molecular formula is C25H26ClFN6O2. The number of hydrogen-bond acceptors (Lipinski definition) is 6. The molecule has 0 radical (unpaired) electrons. The van der Waals surface area contributed by atoms with Crippen LogP contribution >= 0.6 is 11.6 Å². The SMILES string of the molecule is C=CC(=O)N(C)c1cc(Nc2ccnc(NCCCCNC(=O)c3ccccc3)n2)cc(Cl)c1F. The van der Waals surface area contributed by atoms with Crippen LogP contribution in [-0.4, -0.2) is 41.9 Å². The molecule has 0 fully saturated rings. The van der Waals surface area contributed by atoms with E-state index in [0.29, 0.717) is 36.1 Å². The molecule has 0 bridgehead atoms. The molecule has 0 saturated carbocycles. The molecular weight excluding hydrogens is 471 g/mol. The Labute approximate surface area is 208 Å². The van der Waals surface area contributed by atoms with Gasteiger partial charge in [-0.05, 0) is 49.2 Å². The molecule has 0 unspecified atom stereocenters. The van der Waals surface area contributed by atoms with E-state index in [2.05, 4.69) is 32.5 Å². The van der Waals surface area contributed by atoms with Crippen molar-refractivity contribution < 1.29 is 14.0 Å². The number of anilines is 4. The molecule has 0 aliphatic rings. The zero-order chi connectivity index (χ0) is 25.2. The third-order valence-corrected chi connectivity index (χ3v) is 5.29. The van der Waals surface area contributed by atoms with E-state index >= 15 is 0 Å². The molecule has 1 heterocycles. The Hall–Kier alpha value is -3.98. The summed E-state index contributed by atoms with van der Waals surface area (Å²) in [5.74, 6) is -0.394. The van der Waals surface area contributed by atoms with E-state index in [1.165, 1.54) is 19.2 Å². The van der Waals surface area contributed by atoms with E-state index in [9.17, 15) is 14.0 Å². The second kappa shape index (κ2) is 12.5. The van der Waals surface area contributed by atoms with Crippen LogP contribution in [-0.2, 0) is 4.79 Å². The minimum absolute atomic E-state index is 0.0108. The third kappa shape index (κ3) is 7.25. The standard InChI is InChI=1S/C25H26ClFN6O2/c1-3-22(34)33(2)20-16-18(15-19(26)23(20)27)31-21-11-14-30-25(32-21)29-13-8-7-12-28-24(35)17-9-5-4-6-10-17/h3-6,9-11,14-16H,1,7-8,12-13H2,2H3,(H,28,35)(H2,29,30,31,32). The number of amides is 2. The first-order chi connectivity index (χ1) is 16.9. The van der Waals surface area contributed by atoms with Gasteiger partial charge in [0.25, 0.3) is 5.91 Å². The number of rotatable bonds is 11. The van der Waals surface area contributed by atoms with Crippen molar-refractivity contribution in [3.05, 3.63) is 83.8 Å². The first-order valence-corrected chi connectivity index (χ1v) is 11.3. The van der Waals surface area contributed by atoms with Gasteiger partial charge in [0, 0.05) is 37.6 Å². The van der Waals surface area contributed by atoms with Crippen LogP contribution < -0.4 is 20.9 Å². The first-order valence-electron chi connectivity index (χ1n) is 11.0. The highest BCUT2D eigenvalue weighted by molar-refractivity contribution is 6.31. The summed E-state index contributed by atoms with van der Waals surface area (Å²) in [6.45, 7) is 4.60. The molecule has 0 saturated heterocycles. The number of aromatic nitrogens is 2. The molecule has 0 aliphatic carbocycles. The van der Waals surface area contributed by atoms with Gasteiger partial charge in [-0.15, -0.1) is 0 Å². The topological polar surface area (TPSA) is 99.3 Å². The maximum absolute atomic E-state index is 14.4. The smallest absolute Gasteiger partial charge is 0.251 e. The average molecular weight is 497 g/mol. The van der Waals surface area contributed by atoms with Gasteiger partial charge in [-0.25, -0.2) is 9.37 Å². The highest BCUT2D eigenvalue weighted by Crippen LogP contribution is 2.31. The number of carbonyl (C=O) groups excluding carboxylic acids is 2. The summed E-state index contributed by atoms with van der Waals surface area (Å²) in [5, 5.41) is 8.94. The van der Waals surface area contributed by atoms with E-state index in [1.807, 2.05) is 18.2 Å². The molecule has 2 amide bonds. The van der Waals surface area contributed by atoms with Gasteiger partial charge in [-0.1, -0.05) is 36.4 Å². The maximum Gasteiger partial charge on any atom is 0.251 e. The van der Waals surface area contributed by atoms with Gasteiger partial charge >= 0.3 is 0 Å². The molecule has 8 nitrogen and oxygen atoms in total. The van der Waals surface area contributed by atoms with Gasteiger partial charge in [0.05, 0.1) is 10.7 Å². The molecule has 1 aromatic heterocycles. The van der Waals surface area contributed by atoms with E-state index in [-0.39, 0.29) is 16.6 Å². The van der Waals surface area contributed by atoms with Crippen molar-refractivity contribution in [2.75, 3.05) is 35.7 Å². The van der Waals surface area contributed by atoms with Crippen LogP contribution in [0.3, 0.4) is 0 Å². The van der Waals surface area contributed by atoms with Gasteiger partial charge in [0.15, 0.2) is 5.82 Å². The van der Waals surface area contributed by atoms with Crippen molar-refractivity contribution >= 4 is 46.6 Å². The molecule has 3 N–H and O–H groups in total. The quantitative estimate of drug-likeness (QED) is 0.261. The van der Waals surface area contributed by atoms with Gasteiger partial charge in [-0.2, -0.15) is 4.98 Å². The van der Waals surface area contributed by atoms with Gasteiger partial charge < -0.3 is 20.9 Å². The normalized spacial score (nSPS) is 10.4. The lowest BCUT2D eigenvalue weighted by Crippen LogP contribution is -2.25. The number of carbonyl (C=O) groups is 2. The highest BCUT2D eigenvalue weighted by atomic mass is 35.5. The number of benzene rings is 2. The first kappa shape index (κ1) is 25.6. The van der Waals surface area contributed by atoms with Crippen molar-refractivity contribution in [2.45, 2.75) is 12.8 Å². The second-order valence-electron chi connectivity index (χ2n) is 7.54. The molecule has 182 valence electrons. The lowest BCUT2D eigenvalue weighted by atomic mass is 10.2. The number of nitrogens with one attached hydrogen (secondary N) is 3. The Morgan fingerprint density at radius 2 is 1.89 bits per heavy atom. The van der Waals surface area contributed by atoms with E-state index in [0.717, 1.165) is 23.8 Å². The fraction of sp³-hybridized carbons (Fsp3) is 0.200. The Kier molecular flexibility index (Phi) is 9.14. The predicted octanol–water partition coefficient (Wildman–Crippen LogP) is 4.78. The summed E-state index contributed by atoms with van der Waals surface area (Å²) in [4.78, 5) is 33.6. The monoisotopic (exact) mass is 496 g/mol. The number of nitrogens with zero attached hydrogens (tertiary/aromatic N) is 3. The minimum atomic E-state index is -0.708. The fourth-order valence-electron chi connectivity index (χ4n) is 3.15. The molecule has 0 spiro atoms. The molecule has 0 atom stereocenters. The number of likely N-dealkylation sites (N-methyl/N-ethyl adjacent to an activating group) is 1. The Morgan fingerprint density at radius 1 is 1.14 bits per heavy atom. The van der Waals surface area contributed by atoms with Crippen molar-refractivity contribution in [1.82, 2.24) is 15.3 Å². The summed E-state index contributed by atoms with van der Waals surface area (Å²) >= 11 is 6.02. The van der Waals surface area contributed by atoms with E-state index < -0.39 is 11.7 Å². The van der Waals surface area contributed by atoms with Gasteiger partial charge in [0.2, 0.25) is 11.9 Å². The summed E-state index contributed by atoms with van der Waals surface area (Å²) in [6.07, 6.45) is 4.26.